The number of carboxylic acid groups (broad SMARTS) is 1. The van der Waals surface area contributed by atoms with E-state index in [2.05, 4.69) is 15.5 Å². The molecule has 2 aromatic rings. The van der Waals surface area contributed by atoms with Gasteiger partial charge in [0.25, 0.3) is 5.56 Å². The van der Waals surface area contributed by atoms with Gasteiger partial charge in [-0.25, -0.2) is 18.7 Å². The maximum absolute atomic E-state index is 12.8. The number of carbonyl (C=O) groups excluding carboxylic acids is 1. The lowest BCUT2D eigenvalue weighted by Crippen LogP contribution is -2.37. The second-order valence-corrected chi connectivity index (χ2v) is 9.88. The van der Waals surface area contributed by atoms with Crippen molar-refractivity contribution in [2.75, 3.05) is 17.9 Å². The second-order valence-electron chi connectivity index (χ2n) is 7.37. The van der Waals surface area contributed by atoms with Gasteiger partial charge in [0.2, 0.25) is 21.9 Å². The Morgan fingerprint density at radius 3 is 2.38 bits per heavy atom. The van der Waals surface area contributed by atoms with E-state index in [1.807, 2.05) is 0 Å². The zero-order valence-corrected chi connectivity index (χ0v) is 22.3. The molecule has 39 heavy (non-hydrogen) atoms. The largest absolute Gasteiger partial charge is 0.490 e. The Morgan fingerprint density at radius 2 is 1.82 bits per heavy atom. The average Bonchev–Trinajstić information content (AvgIpc) is 2.81. The quantitative estimate of drug-likeness (QED) is 0.0987. The summed E-state index contributed by atoms with van der Waals surface area (Å²) < 4.78 is 60.2. The Labute approximate surface area is 229 Å². The van der Waals surface area contributed by atoms with Crippen molar-refractivity contribution in [1.29, 1.82) is 5.41 Å². The van der Waals surface area contributed by atoms with Gasteiger partial charge in [-0.2, -0.15) is 13.2 Å². The molecule has 0 saturated heterocycles. The van der Waals surface area contributed by atoms with Crippen molar-refractivity contribution >= 4 is 56.7 Å². The van der Waals surface area contributed by atoms with E-state index in [1.165, 1.54) is 24.3 Å². The van der Waals surface area contributed by atoms with Crippen LogP contribution in [0.5, 0.6) is 0 Å². The molecule has 0 atom stereocenters. The molecule has 0 radical (unpaired) electrons. The van der Waals surface area contributed by atoms with Crippen molar-refractivity contribution in [1.82, 2.24) is 15.4 Å². The van der Waals surface area contributed by atoms with Crippen molar-refractivity contribution in [2.24, 2.45) is 5.73 Å². The molecule has 0 bridgehead atoms. The first kappa shape index (κ1) is 33.5. The monoisotopic (exact) mass is 618 g/mol. The first-order valence-corrected chi connectivity index (χ1v) is 12.8. The minimum absolute atomic E-state index is 0.0328. The number of alkyl halides is 3. The number of guanidine groups is 1. The molecule has 0 aliphatic rings. The lowest BCUT2D eigenvalue weighted by Gasteiger charge is -2.14. The van der Waals surface area contributed by atoms with Crippen LogP contribution in [0, 0.1) is 12.3 Å². The van der Waals surface area contributed by atoms with Crippen molar-refractivity contribution in [2.45, 2.75) is 25.4 Å². The predicted molar refractivity (Wildman–Crippen MR) is 136 cm³/mol. The van der Waals surface area contributed by atoms with Crippen LogP contribution in [0.4, 0.5) is 18.9 Å². The zero-order chi connectivity index (χ0) is 30.0. The van der Waals surface area contributed by atoms with E-state index in [0.29, 0.717) is 5.69 Å². The fraction of sp³-hybridized carbons (Fsp3) is 0.300. The van der Waals surface area contributed by atoms with Gasteiger partial charge in [-0.05, 0) is 30.7 Å². The van der Waals surface area contributed by atoms with Gasteiger partial charge in [-0.1, -0.05) is 35.3 Å². The number of nitrogens with zero attached hydrogens (tertiary/aromatic N) is 1. The van der Waals surface area contributed by atoms with E-state index in [-0.39, 0.29) is 47.0 Å². The fourth-order valence-corrected chi connectivity index (χ4v) is 4.26. The number of aryl methyl sites for hydroxylation is 1. The Bertz CT molecular complexity index is 1370. The fourth-order valence-electron chi connectivity index (χ4n) is 2.58. The third-order valence-electron chi connectivity index (χ3n) is 4.29. The lowest BCUT2D eigenvalue weighted by molar-refractivity contribution is -0.192. The van der Waals surface area contributed by atoms with Crippen LogP contribution < -0.4 is 26.8 Å². The summed E-state index contributed by atoms with van der Waals surface area (Å²) in [5, 5.41) is 16.9. The maximum atomic E-state index is 12.8. The van der Waals surface area contributed by atoms with Gasteiger partial charge < -0.3 is 20.7 Å². The van der Waals surface area contributed by atoms with Gasteiger partial charge in [-0.15, -0.1) is 0 Å². The SMILES string of the molecule is Cc1ccc(NS(=O)(=O)Cc2cccc(Cl)c2Cl)c(=O)n1CC(=O)NCCONC(=N)N.O=C(O)C(F)(F)F. The minimum atomic E-state index is -5.08. The van der Waals surface area contributed by atoms with Crippen LogP contribution in [0.25, 0.3) is 0 Å². The molecule has 1 aromatic heterocycles. The summed E-state index contributed by atoms with van der Waals surface area (Å²) >= 11 is 12.0. The molecule has 1 amide bonds. The van der Waals surface area contributed by atoms with Crippen molar-refractivity contribution in [3.05, 3.63) is 62.0 Å². The molecule has 0 spiro atoms. The van der Waals surface area contributed by atoms with E-state index in [0.717, 1.165) is 4.57 Å². The van der Waals surface area contributed by atoms with Crippen molar-refractivity contribution < 1.29 is 41.1 Å². The maximum Gasteiger partial charge on any atom is 0.490 e. The Hall–Kier alpha value is -3.54. The molecule has 2 rings (SSSR count). The summed E-state index contributed by atoms with van der Waals surface area (Å²) in [7, 11) is -3.99. The highest BCUT2D eigenvalue weighted by Gasteiger charge is 2.38. The van der Waals surface area contributed by atoms with E-state index < -0.39 is 39.4 Å². The summed E-state index contributed by atoms with van der Waals surface area (Å²) in [4.78, 5) is 38.6. The number of carbonyl (C=O) groups is 2. The number of carboxylic acids is 1. The number of anilines is 1. The number of nitrogens with one attached hydrogen (secondary N) is 4. The molecule has 0 saturated carbocycles. The topological polar surface area (TPSA) is 206 Å². The van der Waals surface area contributed by atoms with Crippen LogP contribution in [-0.2, 0) is 36.7 Å². The predicted octanol–water partition coefficient (Wildman–Crippen LogP) is 1.57. The van der Waals surface area contributed by atoms with Crippen LogP contribution in [0.1, 0.15) is 11.3 Å². The molecule has 1 aromatic carbocycles. The van der Waals surface area contributed by atoms with Gasteiger partial charge in [0.1, 0.15) is 12.2 Å². The van der Waals surface area contributed by atoms with E-state index >= 15 is 0 Å². The Kier molecular flexibility index (Phi) is 12.5. The molecular weight excluding hydrogens is 596 g/mol. The molecule has 7 N–H and O–H groups in total. The van der Waals surface area contributed by atoms with Gasteiger partial charge in [0.15, 0.2) is 0 Å². The number of benzene rings is 1. The van der Waals surface area contributed by atoms with Crippen LogP contribution in [0.15, 0.2) is 35.1 Å². The highest BCUT2D eigenvalue weighted by Crippen LogP contribution is 2.27. The third-order valence-corrected chi connectivity index (χ3v) is 6.37. The lowest BCUT2D eigenvalue weighted by atomic mass is 10.2. The molecule has 216 valence electrons. The number of aliphatic carboxylic acids is 1. The number of nitrogens with two attached hydrogens (primary N) is 1. The zero-order valence-electron chi connectivity index (χ0n) is 19.9. The summed E-state index contributed by atoms with van der Waals surface area (Å²) in [6.45, 7) is 1.41. The van der Waals surface area contributed by atoms with Gasteiger partial charge in [0.05, 0.1) is 22.4 Å². The number of sulfonamides is 1. The van der Waals surface area contributed by atoms with Crippen molar-refractivity contribution in [3.63, 3.8) is 0 Å². The summed E-state index contributed by atoms with van der Waals surface area (Å²) in [6.07, 6.45) is -5.08. The summed E-state index contributed by atoms with van der Waals surface area (Å²) in [6, 6.07) is 7.45. The second kappa shape index (κ2) is 14.6. The highest BCUT2D eigenvalue weighted by atomic mass is 35.5. The van der Waals surface area contributed by atoms with Crippen LogP contribution in [-0.4, -0.2) is 55.3 Å². The van der Waals surface area contributed by atoms with Crippen LogP contribution in [0.2, 0.25) is 10.0 Å². The third kappa shape index (κ3) is 11.8. The number of hydroxylamine groups is 1. The number of rotatable bonds is 10. The minimum Gasteiger partial charge on any atom is -0.475 e. The van der Waals surface area contributed by atoms with E-state index in [4.69, 9.17) is 49.1 Å². The molecule has 19 heteroatoms. The number of pyridine rings is 1. The molecular formula is C20H23Cl2F3N6O7S. The average molecular weight is 619 g/mol. The molecule has 0 aliphatic heterocycles. The van der Waals surface area contributed by atoms with Gasteiger partial charge in [-0.3, -0.25) is 24.6 Å². The number of halogens is 5. The van der Waals surface area contributed by atoms with E-state index in [9.17, 15) is 31.2 Å². The Morgan fingerprint density at radius 1 is 1.21 bits per heavy atom. The molecule has 13 nitrogen and oxygen atoms in total. The normalized spacial score (nSPS) is 11.1. The summed E-state index contributed by atoms with van der Waals surface area (Å²) in [5.41, 5.74) is 7.00. The number of hydrogen-bond acceptors (Lipinski definition) is 7. The van der Waals surface area contributed by atoms with Gasteiger partial charge in [0, 0.05) is 12.2 Å². The number of aromatic nitrogens is 1. The highest BCUT2D eigenvalue weighted by molar-refractivity contribution is 7.91. The molecule has 0 aliphatic carbocycles. The molecule has 1 heterocycles. The number of amides is 1. The standard InChI is InChI=1S/C18H22Cl2N6O5S.C2HF3O2/c1-11-5-6-14(25-32(29,30)10-12-3-2-4-13(19)16(12)20)17(28)26(11)9-15(27)23-7-8-31-24-18(21)22;3-2(4,5)1(6)7/h2-6,25H,7-10H2,1H3,(H,23,27)(H4,21,22,24);(H,6,7). The summed E-state index contributed by atoms with van der Waals surface area (Å²) in [5.74, 6) is -4.12. The van der Waals surface area contributed by atoms with Gasteiger partial charge >= 0.3 is 12.1 Å². The first-order valence-electron chi connectivity index (χ1n) is 10.4. The van der Waals surface area contributed by atoms with Crippen LogP contribution in [0.3, 0.4) is 0 Å². The molecule has 0 fully saturated rings. The smallest absolute Gasteiger partial charge is 0.475 e. The number of hydrogen-bond donors (Lipinski definition) is 6. The first-order chi connectivity index (χ1) is 17.9. The van der Waals surface area contributed by atoms with E-state index in [1.54, 1.807) is 13.0 Å². The molecule has 0 unspecified atom stereocenters. The van der Waals surface area contributed by atoms with Crippen LogP contribution >= 0.6 is 23.2 Å². The Balaban J connectivity index is 0.000000956. The van der Waals surface area contributed by atoms with Crippen molar-refractivity contribution in [3.8, 4) is 0 Å².